The van der Waals surface area contributed by atoms with Gasteiger partial charge in [-0.15, -0.1) is 0 Å². The third kappa shape index (κ3) is 7.33. The highest BCUT2D eigenvalue weighted by Crippen LogP contribution is 2.47. The maximum atomic E-state index is 14.3. The van der Waals surface area contributed by atoms with Gasteiger partial charge in [0.15, 0.2) is 0 Å². The molecule has 0 atom stereocenters. The summed E-state index contributed by atoms with van der Waals surface area (Å²) < 4.78 is 32.9. The van der Waals surface area contributed by atoms with Gasteiger partial charge < -0.3 is 18.9 Å². The summed E-state index contributed by atoms with van der Waals surface area (Å²) in [7, 11) is 0. The van der Waals surface area contributed by atoms with Crippen LogP contribution in [0.1, 0.15) is 0 Å². The fourth-order valence-electron chi connectivity index (χ4n) is 12.1. The normalized spacial score (nSPS) is 11.7. The van der Waals surface area contributed by atoms with Crippen LogP contribution in [-0.4, -0.2) is 9.13 Å². The Kier molecular flexibility index (Phi) is 10.5. The fraction of sp³-hybridized carbons (Fsp3) is 0. The van der Waals surface area contributed by atoms with Crippen molar-refractivity contribution in [1.82, 2.24) is 9.13 Å². The molecule has 6 heteroatoms. The number of para-hydroxylation sites is 2. The molecule has 368 valence electrons. The lowest BCUT2D eigenvalue weighted by molar-refractivity contribution is 0.627. The Morgan fingerprint density at radius 2 is 0.641 bits per heavy atom. The minimum atomic E-state index is -0.261. The first kappa shape index (κ1) is 45.1. The second-order valence-electron chi connectivity index (χ2n) is 20.0. The van der Waals surface area contributed by atoms with Gasteiger partial charge in [0.1, 0.15) is 11.6 Å². The summed E-state index contributed by atoms with van der Waals surface area (Å²) in [6.45, 7) is 0. The topological polar surface area (TPSA) is 16.3 Å². The van der Waals surface area contributed by atoms with Crippen LogP contribution in [0.25, 0.3) is 98.4 Å². The van der Waals surface area contributed by atoms with Crippen LogP contribution in [0.4, 0.5) is 42.9 Å². The maximum Gasteiger partial charge on any atom is 0.123 e. The van der Waals surface area contributed by atoms with Crippen LogP contribution < -0.4 is 9.80 Å². The van der Waals surface area contributed by atoms with Crippen molar-refractivity contribution in [2.24, 2.45) is 0 Å². The van der Waals surface area contributed by atoms with Gasteiger partial charge in [0, 0.05) is 66.1 Å². The fourth-order valence-corrected chi connectivity index (χ4v) is 12.1. The van der Waals surface area contributed by atoms with Crippen LogP contribution in [0.3, 0.4) is 0 Å². The zero-order valence-corrected chi connectivity index (χ0v) is 42.1. The van der Waals surface area contributed by atoms with Gasteiger partial charge in [-0.05, 0) is 155 Å². The van der Waals surface area contributed by atoms with E-state index in [1.165, 1.54) is 24.3 Å². The van der Waals surface area contributed by atoms with Gasteiger partial charge in [-0.3, -0.25) is 0 Å². The van der Waals surface area contributed by atoms with E-state index in [2.05, 4.69) is 249 Å². The predicted molar refractivity (Wildman–Crippen MR) is 322 cm³/mol. The Morgan fingerprint density at radius 3 is 1.19 bits per heavy atom. The lowest BCUT2D eigenvalue weighted by Gasteiger charge is -2.29. The number of fused-ring (bicyclic) bond motifs is 9. The van der Waals surface area contributed by atoms with Crippen LogP contribution in [0, 0.1) is 11.6 Å². The molecule has 0 aliphatic rings. The quantitative estimate of drug-likeness (QED) is 0.143. The van der Waals surface area contributed by atoms with Gasteiger partial charge in [-0.2, -0.15) is 0 Å². The van der Waals surface area contributed by atoms with Gasteiger partial charge in [0.25, 0.3) is 0 Å². The van der Waals surface area contributed by atoms with Gasteiger partial charge in [-0.25, -0.2) is 8.78 Å². The average molecular weight is 1010 g/mol. The molecule has 0 radical (unpaired) electrons. The molecule has 13 aromatic carbocycles. The van der Waals surface area contributed by atoms with Crippen LogP contribution in [-0.2, 0) is 0 Å². The number of hydrogen-bond donors (Lipinski definition) is 0. The van der Waals surface area contributed by atoms with E-state index in [4.69, 9.17) is 0 Å². The Hall–Kier alpha value is -10.3. The number of aromatic nitrogens is 2. The first-order valence-electron chi connectivity index (χ1n) is 26.3. The van der Waals surface area contributed by atoms with Crippen molar-refractivity contribution in [2.45, 2.75) is 0 Å². The molecule has 0 bridgehead atoms. The first-order valence-corrected chi connectivity index (χ1v) is 26.3. The molecule has 0 amide bonds. The molecule has 0 aliphatic heterocycles. The van der Waals surface area contributed by atoms with Crippen molar-refractivity contribution in [3.05, 3.63) is 291 Å². The number of anilines is 6. The molecule has 0 fully saturated rings. The molecule has 2 heterocycles. The van der Waals surface area contributed by atoms with E-state index in [1.54, 1.807) is 0 Å². The third-order valence-electron chi connectivity index (χ3n) is 15.6. The van der Waals surface area contributed by atoms with E-state index >= 15 is 0 Å². The molecule has 0 aliphatic carbocycles. The smallest absolute Gasteiger partial charge is 0.123 e. The maximum absolute atomic E-state index is 14.3. The largest absolute Gasteiger partial charge is 0.310 e. The van der Waals surface area contributed by atoms with Crippen molar-refractivity contribution in [1.29, 1.82) is 0 Å². The molecule has 0 N–H and O–H groups in total. The van der Waals surface area contributed by atoms with Crippen LogP contribution >= 0.6 is 0 Å². The molecular weight excluding hydrogens is 959 g/mol. The highest BCUT2D eigenvalue weighted by molar-refractivity contribution is 6.14. The number of hydrogen-bond acceptors (Lipinski definition) is 2. The van der Waals surface area contributed by atoms with Gasteiger partial charge in [0.05, 0.1) is 39.1 Å². The van der Waals surface area contributed by atoms with Gasteiger partial charge in [0.2, 0.25) is 0 Å². The second-order valence-corrected chi connectivity index (χ2v) is 20.0. The summed E-state index contributed by atoms with van der Waals surface area (Å²) in [6.07, 6.45) is 0. The zero-order valence-electron chi connectivity index (χ0n) is 42.1. The van der Waals surface area contributed by atoms with E-state index in [0.717, 1.165) is 133 Å². The number of halogens is 2. The van der Waals surface area contributed by atoms with Crippen LogP contribution in [0.15, 0.2) is 279 Å². The molecule has 0 saturated heterocycles. The molecule has 0 unspecified atom stereocenters. The summed E-state index contributed by atoms with van der Waals surface area (Å²) in [6, 6.07) is 96.3. The molecule has 15 rings (SSSR count). The molecule has 2 aromatic heterocycles. The average Bonchev–Trinajstić information content (AvgIpc) is 4.21. The van der Waals surface area contributed by atoms with Crippen molar-refractivity contribution in [3.8, 4) is 22.5 Å². The first-order chi connectivity index (χ1) is 38.5. The molecule has 0 spiro atoms. The van der Waals surface area contributed by atoms with E-state index < -0.39 is 0 Å². The zero-order chi connectivity index (χ0) is 51.8. The third-order valence-corrected chi connectivity index (χ3v) is 15.6. The Morgan fingerprint density at radius 1 is 0.256 bits per heavy atom. The Balaban J connectivity index is 0.879. The van der Waals surface area contributed by atoms with E-state index in [0.29, 0.717) is 0 Å². The second kappa shape index (κ2) is 18.2. The van der Waals surface area contributed by atoms with Crippen molar-refractivity contribution < 1.29 is 8.78 Å². The van der Waals surface area contributed by atoms with Crippen molar-refractivity contribution in [3.63, 3.8) is 0 Å². The summed E-state index contributed by atoms with van der Waals surface area (Å²) in [5.41, 5.74) is 14.5. The van der Waals surface area contributed by atoms with Crippen molar-refractivity contribution >= 4 is 110 Å². The summed E-state index contributed by atoms with van der Waals surface area (Å²) in [5, 5.41) is 11.3. The molecule has 0 saturated carbocycles. The van der Waals surface area contributed by atoms with Gasteiger partial charge in [-0.1, -0.05) is 152 Å². The minimum absolute atomic E-state index is 0.261. The molecular formula is C72H46F2N4. The lowest BCUT2D eigenvalue weighted by Crippen LogP contribution is -2.11. The number of benzene rings is 13. The van der Waals surface area contributed by atoms with E-state index in [9.17, 15) is 8.78 Å². The SMILES string of the molecule is Fc1ccc(-n2c3ccccc3c3cc(N(c4ccc(-c5cccc6c(N(c7ccc8c(c7)c7ccccc7n8-c7ccc(F)cc7)c7cccc8ccccc78)cccc56)cc4)c4cccc5ccccc45)ccc32)cc1. The summed E-state index contributed by atoms with van der Waals surface area (Å²) in [5.74, 6) is -0.522. The van der Waals surface area contributed by atoms with Crippen LogP contribution in [0.5, 0.6) is 0 Å². The van der Waals surface area contributed by atoms with E-state index in [1.807, 2.05) is 24.3 Å². The van der Waals surface area contributed by atoms with E-state index in [-0.39, 0.29) is 11.6 Å². The summed E-state index contributed by atoms with van der Waals surface area (Å²) >= 11 is 0. The lowest BCUT2D eigenvalue weighted by atomic mass is 9.96. The molecule has 78 heavy (non-hydrogen) atoms. The molecule has 15 aromatic rings. The summed E-state index contributed by atoms with van der Waals surface area (Å²) in [4.78, 5) is 4.78. The Labute approximate surface area is 448 Å². The van der Waals surface area contributed by atoms with Gasteiger partial charge >= 0.3 is 0 Å². The van der Waals surface area contributed by atoms with Crippen molar-refractivity contribution in [2.75, 3.05) is 9.80 Å². The standard InChI is InChI=1S/C72H46F2N4/c73-50-31-37-53(38-32-50)76-68-24-7-5-19-62(68)64-45-55(41-43-71(64)76)75(66-26-9-15-47-13-1-3-17-58(47)66)52-35-29-49(30-36-52)57-21-11-23-61-60(57)22-12-28-70(61)78(67-27-10-16-48-14-2-4-18-59(48)67)56-42-44-72-65(46-56)63-20-6-8-25-69(63)77(72)54-39-33-51(74)34-40-54/h1-46H. The van der Waals surface area contributed by atoms with Crippen LogP contribution in [0.2, 0.25) is 0 Å². The Bertz CT molecular complexity index is 4810. The predicted octanol–water partition coefficient (Wildman–Crippen LogP) is 20.2. The highest BCUT2D eigenvalue weighted by atomic mass is 19.1. The number of rotatable bonds is 9. The number of nitrogens with zero attached hydrogens (tertiary/aromatic N) is 4. The minimum Gasteiger partial charge on any atom is -0.310 e. The molecule has 4 nitrogen and oxygen atoms in total. The highest BCUT2D eigenvalue weighted by Gasteiger charge is 2.23. The monoisotopic (exact) mass is 1000 g/mol.